The van der Waals surface area contributed by atoms with E-state index in [1.807, 2.05) is 0 Å². The molecule has 0 aliphatic heterocycles. The van der Waals surface area contributed by atoms with Crippen molar-refractivity contribution in [3.05, 3.63) is 65.0 Å². The molecule has 0 radical (unpaired) electrons. The average molecular weight is 317 g/mol. The van der Waals surface area contributed by atoms with E-state index < -0.39 is 17.7 Å². The van der Waals surface area contributed by atoms with Crippen LogP contribution in [-0.2, 0) is 11.3 Å². The Kier molecular flexibility index (Phi) is 5.30. The summed E-state index contributed by atoms with van der Waals surface area (Å²) in [7, 11) is 2.72. The summed E-state index contributed by atoms with van der Waals surface area (Å²) in [4.78, 5) is 23.5. The van der Waals surface area contributed by atoms with Crippen LogP contribution < -0.4 is 10.1 Å². The molecule has 0 atom stereocenters. The molecule has 0 aliphatic carbocycles. The van der Waals surface area contributed by atoms with Crippen LogP contribution in [-0.4, -0.2) is 26.1 Å². The Morgan fingerprint density at radius 3 is 2.39 bits per heavy atom. The molecule has 2 rings (SSSR count). The molecule has 0 fully saturated rings. The van der Waals surface area contributed by atoms with E-state index in [-0.39, 0.29) is 12.1 Å². The first kappa shape index (κ1) is 16.5. The lowest BCUT2D eigenvalue weighted by Crippen LogP contribution is -2.23. The zero-order valence-corrected chi connectivity index (χ0v) is 12.8. The second-order valence-electron chi connectivity index (χ2n) is 4.72. The van der Waals surface area contributed by atoms with Crippen molar-refractivity contribution in [1.29, 1.82) is 0 Å². The van der Waals surface area contributed by atoms with Gasteiger partial charge in [-0.15, -0.1) is 0 Å². The first-order valence-electron chi connectivity index (χ1n) is 6.84. The smallest absolute Gasteiger partial charge is 0.337 e. The first-order chi connectivity index (χ1) is 11.0. The molecule has 1 N–H and O–H groups in total. The molecule has 0 unspecified atom stereocenters. The van der Waals surface area contributed by atoms with Crippen molar-refractivity contribution in [2.45, 2.75) is 6.54 Å². The average Bonchev–Trinajstić information content (AvgIpc) is 2.59. The zero-order valence-electron chi connectivity index (χ0n) is 12.8. The fraction of sp³-hybridized carbons (Fsp3) is 0.176. The van der Waals surface area contributed by atoms with E-state index in [9.17, 15) is 14.0 Å². The maximum atomic E-state index is 13.3. The number of rotatable bonds is 5. The summed E-state index contributed by atoms with van der Waals surface area (Å²) >= 11 is 0. The number of halogens is 1. The summed E-state index contributed by atoms with van der Waals surface area (Å²) < 4.78 is 22.9. The van der Waals surface area contributed by atoms with Gasteiger partial charge in [-0.3, -0.25) is 4.79 Å². The molecule has 0 spiro atoms. The van der Waals surface area contributed by atoms with Gasteiger partial charge in [-0.1, -0.05) is 12.1 Å². The van der Waals surface area contributed by atoms with Gasteiger partial charge in [0.25, 0.3) is 5.91 Å². The van der Waals surface area contributed by atoms with Crippen molar-refractivity contribution in [2.75, 3.05) is 14.2 Å². The molecule has 0 bridgehead atoms. The molecule has 0 heterocycles. The predicted octanol–water partition coefficient (Wildman–Crippen LogP) is 2.55. The van der Waals surface area contributed by atoms with Gasteiger partial charge in [0.1, 0.15) is 11.6 Å². The minimum atomic E-state index is -0.515. The number of hydrogen-bond acceptors (Lipinski definition) is 4. The summed E-state index contributed by atoms with van der Waals surface area (Å²) in [6.45, 7) is 0.236. The molecular formula is C17H16FNO4. The van der Waals surface area contributed by atoms with Crippen LogP contribution >= 0.6 is 0 Å². The quantitative estimate of drug-likeness (QED) is 0.861. The highest BCUT2D eigenvalue weighted by Crippen LogP contribution is 2.19. The van der Waals surface area contributed by atoms with E-state index in [1.165, 1.54) is 26.4 Å². The van der Waals surface area contributed by atoms with Crippen molar-refractivity contribution in [3.8, 4) is 5.75 Å². The maximum Gasteiger partial charge on any atom is 0.337 e. The van der Waals surface area contributed by atoms with E-state index in [4.69, 9.17) is 4.74 Å². The Hall–Kier alpha value is -2.89. The van der Waals surface area contributed by atoms with Gasteiger partial charge in [0.05, 0.1) is 25.3 Å². The van der Waals surface area contributed by atoms with Crippen LogP contribution in [0.1, 0.15) is 26.3 Å². The number of ether oxygens (including phenoxy) is 2. The third kappa shape index (κ3) is 4.06. The van der Waals surface area contributed by atoms with Gasteiger partial charge in [-0.25, -0.2) is 9.18 Å². The van der Waals surface area contributed by atoms with E-state index >= 15 is 0 Å². The number of nitrogens with one attached hydrogen (secondary N) is 1. The van der Waals surface area contributed by atoms with E-state index in [2.05, 4.69) is 10.1 Å². The number of hydrogen-bond donors (Lipinski definition) is 1. The van der Waals surface area contributed by atoms with Crippen molar-refractivity contribution >= 4 is 11.9 Å². The summed E-state index contributed by atoms with van der Waals surface area (Å²) in [6, 6.07) is 10.4. The van der Waals surface area contributed by atoms with Gasteiger partial charge in [0.2, 0.25) is 0 Å². The number of carbonyl (C=O) groups is 2. The molecule has 0 aliphatic rings. The summed E-state index contributed by atoms with van der Waals surface area (Å²) in [5.74, 6) is -1.09. The fourth-order valence-corrected chi connectivity index (χ4v) is 2.01. The Balaban J connectivity index is 2.04. The molecule has 2 aromatic carbocycles. The third-order valence-corrected chi connectivity index (χ3v) is 3.23. The number of esters is 1. The second-order valence-corrected chi connectivity index (χ2v) is 4.72. The zero-order chi connectivity index (χ0) is 16.8. The van der Waals surface area contributed by atoms with Crippen molar-refractivity contribution in [1.82, 2.24) is 5.32 Å². The highest BCUT2D eigenvalue weighted by Gasteiger charge is 2.13. The summed E-state index contributed by atoms with van der Waals surface area (Å²) in [5.41, 5.74) is 1.34. The minimum absolute atomic E-state index is 0.124. The molecule has 0 saturated heterocycles. The third-order valence-electron chi connectivity index (χ3n) is 3.23. The van der Waals surface area contributed by atoms with E-state index in [1.54, 1.807) is 24.3 Å². The molecular weight excluding hydrogens is 301 g/mol. The fourth-order valence-electron chi connectivity index (χ4n) is 2.01. The molecule has 23 heavy (non-hydrogen) atoms. The van der Waals surface area contributed by atoms with Crippen LogP contribution in [0.4, 0.5) is 4.39 Å². The molecule has 0 saturated carbocycles. The maximum absolute atomic E-state index is 13.3. The lowest BCUT2D eigenvalue weighted by Gasteiger charge is -2.10. The van der Waals surface area contributed by atoms with Crippen molar-refractivity contribution < 1.29 is 23.5 Å². The van der Waals surface area contributed by atoms with Gasteiger partial charge < -0.3 is 14.8 Å². The molecule has 1 amide bonds. The van der Waals surface area contributed by atoms with E-state index in [0.717, 1.165) is 11.6 Å². The lowest BCUT2D eigenvalue weighted by atomic mass is 10.1. The van der Waals surface area contributed by atoms with Crippen molar-refractivity contribution in [3.63, 3.8) is 0 Å². The Bertz CT molecular complexity index is 713. The standard InChI is InChI=1S/C17H16FNO4/c1-22-15-8-7-13(18)9-14(15)16(20)19-10-11-3-5-12(6-4-11)17(21)23-2/h3-9H,10H2,1-2H3,(H,19,20). The van der Waals surface area contributed by atoms with Crippen LogP contribution in [0.2, 0.25) is 0 Å². The normalized spacial score (nSPS) is 10.0. The monoisotopic (exact) mass is 317 g/mol. The molecule has 120 valence electrons. The Morgan fingerprint density at radius 1 is 1.09 bits per heavy atom. The van der Waals surface area contributed by atoms with Crippen LogP contribution in [0.15, 0.2) is 42.5 Å². The number of carbonyl (C=O) groups excluding carboxylic acids is 2. The predicted molar refractivity (Wildman–Crippen MR) is 81.9 cm³/mol. The SMILES string of the molecule is COC(=O)c1ccc(CNC(=O)c2cc(F)ccc2OC)cc1. The topological polar surface area (TPSA) is 64.6 Å². The largest absolute Gasteiger partial charge is 0.496 e. The lowest BCUT2D eigenvalue weighted by molar-refractivity contribution is 0.0600. The highest BCUT2D eigenvalue weighted by atomic mass is 19.1. The van der Waals surface area contributed by atoms with Gasteiger partial charge in [-0.05, 0) is 35.9 Å². The van der Waals surface area contributed by atoms with Gasteiger partial charge in [-0.2, -0.15) is 0 Å². The molecule has 0 aromatic heterocycles. The van der Waals surface area contributed by atoms with Crippen LogP contribution in [0.3, 0.4) is 0 Å². The van der Waals surface area contributed by atoms with Crippen LogP contribution in [0.25, 0.3) is 0 Å². The van der Waals surface area contributed by atoms with Gasteiger partial charge in [0, 0.05) is 6.54 Å². The summed E-state index contributed by atoms with van der Waals surface area (Å²) in [6.07, 6.45) is 0. The molecule has 2 aromatic rings. The second kappa shape index (κ2) is 7.40. The van der Waals surface area contributed by atoms with Gasteiger partial charge in [0.15, 0.2) is 0 Å². The minimum Gasteiger partial charge on any atom is -0.496 e. The summed E-state index contributed by atoms with van der Waals surface area (Å²) in [5, 5.41) is 2.68. The van der Waals surface area contributed by atoms with Gasteiger partial charge >= 0.3 is 5.97 Å². The molecule has 5 nitrogen and oxygen atoms in total. The first-order valence-corrected chi connectivity index (χ1v) is 6.84. The van der Waals surface area contributed by atoms with Crippen LogP contribution in [0.5, 0.6) is 5.75 Å². The number of benzene rings is 2. The number of methoxy groups -OCH3 is 2. The highest BCUT2D eigenvalue weighted by molar-refractivity contribution is 5.96. The molecule has 6 heteroatoms. The Morgan fingerprint density at radius 2 is 1.78 bits per heavy atom. The van der Waals surface area contributed by atoms with Crippen LogP contribution in [0, 0.1) is 5.82 Å². The Labute approximate surface area is 133 Å². The number of amides is 1. The van der Waals surface area contributed by atoms with E-state index in [0.29, 0.717) is 11.3 Å². The van der Waals surface area contributed by atoms with Crippen molar-refractivity contribution in [2.24, 2.45) is 0 Å².